The summed E-state index contributed by atoms with van der Waals surface area (Å²) in [6, 6.07) is 1.98. The minimum Gasteiger partial charge on any atom is -0.469 e. The van der Waals surface area contributed by atoms with Crippen LogP contribution in [0.3, 0.4) is 0 Å². The Morgan fingerprint density at radius 1 is 1.27 bits per heavy atom. The monoisotopic (exact) mass is 486 g/mol. The Labute approximate surface area is 175 Å². The van der Waals surface area contributed by atoms with Gasteiger partial charge < -0.3 is 4.74 Å². The molecular weight excluding hydrogens is 476 g/mol. The smallest absolute Gasteiger partial charge is 0.333 e. The summed E-state index contributed by atoms with van der Waals surface area (Å²) in [5, 5.41) is 9.13. The Morgan fingerprint density at radius 2 is 1.97 bits per heavy atom. The molecule has 162 valence electrons. The van der Waals surface area contributed by atoms with Crippen LogP contribution in [0.2, 0.25) is 5.02 Å². The van der Waals surface area contributed by atoms with Crippen LogP contribution in [-0.2, 0) is 19.4 Å². The number of hydrogen-bond acceptors (Lipinski definition) is 8. The van der Waals surface area contributed by atoms with Crippen molar-refractivity contribution in [3.8, 4) is 10.7 Å². The number of aromatic nitrogens is 4. The topological polar surface area (TPSA) is 104 Å². The van der Waals surface area contributed by atoms with Crippen molar-refractivity contribution in [2.24, 2.45) is 0 Å². The van der Waals surface area contributed by atoms with E-state index >= 15 is 0 Å². The lowest BCUT2D eigenvalue weighted by Gasteiger charge is -2.07. The molecule has 0 saturated heterocycles. The summed E-state index contributed by atoms with van der Waals surface area (Å²) in [5.74, 6) is -1.38. The van der Waals surface area contributed by atoms with E-state index in [0.717, 1.165) is 19.2 Å². The fourth-order valence-electron chi connectivity index (χ4n) is 2.53. The van der Waals surface area contributed by atoms with Crippen LogP contribution in [0.4, 0.5) is 17.6 Å². The summed E-state index contributed by atoms with van der Waals surface area (Å²) in [5.41, 5.74) is -0.580. The molecule has 8 nitrogen and oxygen atoms in total. The van der Waals surface area contributed by atoms with E-state index < -0.39 is 46.0 Å². The molecular formula is C15H11ClF4N4O4S2. The van der Waals surface area contributed by atoms with Crippen molar-refractivity contribution in [3.05, 3.63) is 22.2 Å². The molecule has 2 aromatic heterocycles. The molecule has 0 atom stereocenters. The van der Waals surface area contributed by atoms with Gasteiger partial charge in [-0.3, -0.25) is 4.79 Å². The number of ether oxygens (including phenoxy) is 1. The lowest BCUT2D eigenvalue weighted by atomic mass is 10.2. The van der Waals surface area contributed by atoms with Crippen molar-refractivity contribution in [3.63, 3.8) is 0 Å². The van der Waals surface area contributed by atoms with E-state index in [-0.39, 0.29) is 36.2 Å². The maximum Gasteiger partial charge on any atom is 0.333 e. The number of fused-ring (bicyclic) bond motifs is 1. The highest BCUT2D eigenvalue weighted by molar-refractivity contribution is 7.91. The zero-order chi connectivity index (χ0) is 22.2. The third-order valence-corrected chi connectivity index (χ3v) is 6.83. The van der Waals surface area contributed by atoms with E-state index in [0.29, 0.717) is 11.3 Å². The first-order valence-corrected chi connectivity index (χ1v) is 10.8. The number of rotatable bonds is 7. The molecule has 3 rings (SSSR count). The normalized spacial score (nSPS) is 12.3. The van der Waals surface area contributed by atoms with Crippen molar-refractivity contribution >= 4 is 49.6 Å². The highest BCUT2D eigenvalue weighted by Crippen LogP contribution is 2.38. The van der Waals surface area contributed by atoms with Gasteiger partial charge in [0.25, 0.3) is 6.43 Å². The molecule has 0 saturated carbocycles. The first kappa shape index (κ1) is 22.4. The highest BCUT2D eigenvalue weighted by Gasteiger charge is 2.27. The number of sulfone groups is 1. The zero-order valence-electron chi connectivity index (χ0n) is 14.9. The molecule has 0 unspecified atom stereocenters. The molecule has 0 radical (unpaired) electrons. The van der Waals surface area contributed by atoms with Gasteiger partial charge in [0.1, 0.15) is 5.69 Å². The van der Waals surface area contributed by atoms with Gasteiger partial charge in [-0.15, -0.1) is 10.2 Å². The molecule has 1 aromatic carbocycles. The Morgan fingerprint density at radius 3 is 2.53 bits per heavy atom. The summed E-state index contributed by atoms with van der Waals surface area (Å²) in [6.45, 7) is -3.15. The van der Waals surface area contributed by atoms with Crippen LogP contribution in [0.1, 0.15) is 24.4 Å². The van der Waals surface area contributed by atoms with Crippen LogP contribution in [0.5, 0.6) is 0 Å². The number of carbonyl (C=O) groups excluding carboxylic acids is 1. The fourth-order valence-corrected chi connectivity index (χ4v) is 4.87. The van der Waals surface area contributed by atoms with E-state index in [1.165, 1.54) is 0 Å². The molecule has 0 aliphatic carbocycles. The Hall–Kier alpha value is -2.32. The van der Waals surface area contributed by atoms with Crippen molar-refractivity contribution in [1.29, 1.82) is 0 Å². The van der Waals surface area contributed by atoms with Gasteiger partial charge in [-0.05, 0) is 12.1 Å². The quantitative estimate of drug-likeness (QED) is 0.368. The second kappa shape index (κ2) is 8.43. The van der Waals surface area contributed by atoms with Crippen molar-refractivity contribution in [2.45, 2.75) is 24.3 Å². The summed E-state index contributed by atoms with van der Waals surface area (Å²) in [7, 11) is -2.96. The first-order valence-electron chi connectivity index (χ1n) is 7.96. The van der Waals surface area contributed by atoms with Crippen molar-refractivity contribution < 1.29 is 35.5 Å². The molecule has 0 aliphatic rings. The molecule has 30 heavy (non-hydrogen) atoms. The van der Waals surface area contributed by atoms with Crippen molar-refractivity contribution in [2.75, 3.05) is 12.9 Å². The predicted molar refractivity (Wildman–Crippen MR) is 98.5 cm³/mol. The van der Waals surface area contributed by atoms with Crippen LogP contribution in [0, 0.1) is 0 Å². The van der Waals surface area contributed by atoms with Gasteiger partial charge in [0.2, 0.25) is 0 Å². The minimum absolute atomic E-state index is 0.142. The van der Waals surface area contributed by atoms with E-state index in [1.54, 1.807) is 0 Å². The predicted octanol–water partition coefficient (Wildman–Crippen LogP) is 3.88. The Balaban J connectivity index is 2.19. The van der Waals surface area contributed by atoms with Crippen LogP contribution < -0.4 is 0 Å². The summed E-state index contributed by atoms with van der Waals surface area (Å²) < 4.78 is 82.3. The minimum atomic E-state index is -4.06. The fraction of sp³-hybridized carbons (Fsp3) is 0.333. The molecule has 0 spiro atoms. The molecule has 0 aliphatic heterocycles. The van der Waals surface area contributed by atoms with Crippen LogP contribution >= 0.6 is 22.9 Å². The summed E-state index contributed by atoms with van der Waals surface area (Å²) in [6.07, 6.45) is -3.37. The molecule has 0 N–H and O–H groups in total. The molecule has 15 heteroatoms. The number of esters is 1. The van der Waals surface area contributed by atoms with Gasteiger partial charge in [0.15, 0.2) is 19.9 Å². The maximum atomic E-state index is 13.4. The number of benzene rings is 1. The maximum absolute atomic E-state index is 13.4. The van der Waals surface area contributed by atoms with Gasteiger partial charge in [-0.25, -0.2) is 21.9 Å². The van der Waals surface area contributed by atoms with E-state index in [1.807, 2.05) is 0 Å². The summed E-state index contributed by atoms with van der Waals surface area (Å²) >= 11 is 6.48. The standard InChI is InChI=1S/C15H11ClF4N4O4S2/c1-28-9(25)2-3-30(26,27)6-4-7-10(13-21-22-14(29-13)12(17)18)23-24(15(19)20)11(7)8(16)5-6/h4-5,12,15H,2-3H2,1H3. The van der Waals surface area contributed by atoms with E-state index in [2.05, 4.69) is 20.0 Å². The molecule has 0 amide bonds. The van der Waals surface area contributed by atoms with E-state index in [4.69, 9.17) is 11.6 Å². The van der Waals surface area contributed by atoms with Crippen LogP contribution in [0.15, 0.2) is 17.0 Å². The Kier molecular flexibility index (Phi) is 6.29. The highest BCUT2D eigenvalue weighted by atomic mass is 35.5. The number of alkyl halides is 4. The summed E-state index contributed by atoms with van der Waals surface area (Å²) in [4.78, 5) is 10.9. The lowest BCUT2D eigenvalue weighted by Crippen LogP contribution is -2.12. The number of nitrogens with zero attached hydrogens (tertiary/aromatic N) is 4. The van der Waals surface area contributed by atoms with Gasteiger partial charge in [-0.2, -0.15) is 13.9 Å². The van der Waals surface area contributed by atoms with Crippen LogP contribution in [-0.4, -0.2) is 47.2 Å². The lowest BCUT2D eigenvalue weighted by molar-refractivity contribution is -0.140. The van der Waals surface area contributed by atoms with Gasteiger partial charge in [0, 0.05) is 5.39 Å². The molecule has 0 fully saturated rings. The average Bonchev–Trinajstić information content (AvgIpc) is 3.31. The van der Waals surface area contributed by atoms with Gasteiger partial charge in [-0.1, -0.05) is 22.9 Å². The van der Waals surface area contributed by atoms with Crippen LogP contribution in [0.25, 0.3) is 21.6 Å². The van der Waals surface area contributed by atoms with Gasteiger partial charge in [0.05, 0.1) is 34.7 Å². The number of hydrogen-bond donors (Lipinski definition) is 0. The second-order valence-electron chi connectivity index (χ2n) is 5.76. The zero-order valence-corrected chi connectivity index (χ0v) is 17.2. The SMILES string of the molecule is COC(=O)CCS(=O)(=O)c1cc(Cl)c2c(c1)c(-c1nnc(C(F)F)s1)nn2C(F)F. The number of carbonyl (C=O) groups is 1. The first-order chi connectivity index (χ1) is 14.0. The van der Waals surface area contributed by atoms with Crippen molar-refractivity contribution in [1.82, 2.24) is 20.0 Å². The molecule has 3 aromatic rings. The molecule has 2 heterocycles. The van der Waals surface area contributed by atoms with E-state index in [9.17, 15) is 30.8 Å². The number of halogens is 5. The third-order valence-electron chi connectivity index (χ3n) is 3.91. The second-order valence-corrected chi connectivity index (χ2v) is 9.29. The number of methoxy groups -OCH3 is 1. The van der Waals surface area contributed by atoms with Gasteiger partial charge >= 0.3 is 12.5 Å². The average molecular weight is 487 g/mol. The largest absolute Gasteiger partial charge is 0.469 e. The Bertz CT molecular complexity index is 1210. The third kappa shape index (κ3) is 4.25. The molecule has 0 bridgehead atoms.